The van der Waals surface area contributed by atoms with Crippen LogP contribution in [-0.4, -0.2) is 0 Å². The summed E-state index contributed by atoms with van der Waals surface area (Å²) in [5.41, 5.74) is 1.10. The molecule has 1 rings (SSSR count). The Morgan fingerprint density at radius 1 is 1.25 bits per heavy atom. The summed E-state index contributed by atoms with van der Waals surface area (Å²) in [7, 11) is 0. The fourth-order valence-corrected chi connectivity index (χ4v) is 0.976. The van der Waals surface area contributed by atoms with Gasteiger partial charge in [-0.15, -0.1) is 0 Å². The molecule has 0 amide bonds. The monoisotopic (exact) mass is 168 g/mol. The number of aryl methyl sites for hydroxylation is 1. The van der Waals surface area contributed by atoms with Gasteiger partial charge in [-0.25, -0.2) is 8.78 Å². The molecule has 1 aromatic carbocycles. The Morgan fingerprint density at radius 2 is 1.83 bits per heavy atom. The quantitative estimate of drug-likeness (QED) is 0.603. The highest BCUT2D eigenvalue weighted by molar-refractivity contribution is 5.62. The summed E-state index contributed by atoms with van der Waals surface area (Å²) >= 11 is 0. The standard InChI is InChI=1S/C10H10F2/c1-6(2)8-5-4-7(3)9(11)10(8)12/h4-5H,1H2,2-3H3. The van der Waals surface area contributed by atoms with Gasteiger partial charge in [0.1, 0.15) is 0 Å². The van der Waals surface area contributed by atoms with E-state index in [1.807, 2.05) is 0 Å². The van der Waals surface area contributed by atoms with Crippen molar-refractivity contribution in [1.82, 2.24) is 0 Å². The smallest absolute Gasteiger partial charge is 0.166 e. The molecule has 64 valence electrons. The maximum absolute atomic E-state index is 13.1. The molecule has 0 aliphatic heterocycles. The van der Waals surface area contributed by atoms with Gasteiger partial charge in [-0.1, -0.05) is 18.7 Å². The third kappa shape index (κ3) is 1.37. The average molecular weight is 168 g/mol. The van der Waals surface area contributed by atoms with Crippen molar-refractivity contribution in [2.75, 3.05) is 0 Å². The van der Waals surface area contributed by atoms with Gasteiger partial charge < -0.3 is 0 Å². The Kier molecular flexibility index (Phi) is 2.27. The van der Waals surface area contributed by atoms with Gasteiger partial charge in [0.25, 0.3) is 0 Å². The molecule has 0 aliphatic carbocycles. The first-order valence-electron chi connectivity index (χ1n) is 3.64. The normalized spacial score (nSPS) is 10.0. The van der Waals surface area contributed by atoms with Crippen LogP contribution in [0.15, 0.2) is 18.7 Å². The van der Waals surface area contributed by atoms with Gasteiger partial charge in [0.05, 0.1) is 0 Å². The van der Waals surface area contributed by atoms with Gasteiger partial charge in [0.15, 0.2) is 11.6 Å². The Balaban J connectivity index is 3.36. The largest absolute Gasteiger partial charge is 0.203 e. The molecule has 2 heteroatoms. The summed E-state index contributed by atoms with van der Waals surface area (Å²) in [6.45, 7) is 6.72. The first-order chi connectivity index (χ1) is 5.54. The molecule has 0 saturated carbocycles. The van der Waals surface area contributed by atoms with Gasteiger partial charge in [-0.2, -0.15) is 0 Å². The SMILES string of the molecule is C=C(C)c1ccc(C)c(F)c1F. The maximum atomic E-state index is 13.1. The molecule has 0 bridgehead atoms. The second-order valence-electron chi connectivity index (χ2n) is 2.84. The lowest BCUT2D eigenvalue weighted by atomic mass is 10.1. The molecule has 0 N–H and O–H groups in total. The van der Waals surface area contributed by atoms with Crippen molar-refractivity contribution in [1.29, 1.82) is 0 Å². The number of rotatable bonds is 1. The summed E-state index contributed by atoms with van der Waals surface area (Å²) in [5, 5.41) is 0. The second-order valence-corrected chi connectivity index (χ2v) is 2.84. The highest BCUT2D eigenvalue weighted by atomic mass is 19.2. The lowest BCUT2D eigenvalue weighted by Crippen LogP contribution is -1.94. The van der Waals surface area contributed by atoms with Gasteiger partial charge in [0.2, 0.25) is 0 Å². The van der Waals surface area contributed by atoms with E-state index in [1.165, 1.54) is 13.0 Å². The van der Waals surface area contributed by atoms with Crippen LogP contribution in [0.1, 0.15) is 18.1 Å². The highest BCUT2D eigenvalue weighted by Crippen LogP contribution is 2.20. The van der Waals surface area contributed by atoms with Gasteiger partial charge in [-0.3, -0.25) is 0 Å². The van der Waals surface area contributed by atoms with Crippen molar-refractivity contribution in [3.05, 3.63) is 41.5 Å². The lowest BCUT2D eigenvalue weighted by Gasteiger charge is -2.04. The first kappa shape index (κ1) is 8.91. The van der Waals surface area contributed by atoms with Crippen molar-refractivity contribution in [3.63, 3.8) is 0 Å². The van der Waals surface area contributed by atoms with E-state index < -0.39 is 11.6 Å². The topological polar surface area (TPSA) is 0 Å². The summed E-state index contributed by atoms with van der Waals surface area (Å²) < 4.78 is 26.0. The van der Waals surface area contributed by atoms with Crippen molar-refractivity contribution >= 4 is 5.57 Å². The Hall–Kier alpha value is -1.18. The summed E-state index contributed by atoms with van der Waals surface area (Å²) in [6.07, 6.45) is 0. The third-order valence-corrected chi connectivity index (χ3v) is 1.74. The fraction of sp³-hybridized carbons (Fsp3) is 0.200. The molecule has 0 spiro atoms. The van der Waals surface area contributed by atoms with E-state index in [4.69, 9.17) is 0 Å². The van der Waals surface area contributed by atoms with Gasteiger partial charge in [0, 0.05) is 5.56 Å². The minimum absolute atomic E-state index is 0.248. The van der Waals surface area contributed by atoms with E-state index >= 15 is 0 Å². The van der Waals surface area contributed by atoms with Gasteiger partial charge in [-0.05, 0) is 25.0 Å². The van der Waals surface area contributed by atoms with Gasteiger partial charge >= 0.3 is 0 Å². The van der Waals surface area contributed by atoms with Crippen LogP contribution in [0.4, 0.5) is 8.78 Å². The highest BCUT2D eigenvalue weighted by Gasteiger charge is 2.10. The minimum Gasteiger partial charge on any atom is -0.203 e. The zero-order chi connectivity index (χ0) is 9.30. The lowest BCUT2D eigenvalue weighted by molar-refractivity contribution is 0.501. The zero-order valence-electron chi connectivity index (χ0n) is 7.12. The molecule has 0 nitrogen and oxygen atoms in total. The number of benzene rings is 1. The average Bonchev–Trinajstić information content (AvgIpc) is 2.00. The van der Waals surface area contributed by atoms with Crippen molar-refractivity contribution < 1.29 is 8.78 Å². The Bertz CT molecular complexity index is 327. The Morgan fingerprint density at radius 3 is 2.33 bits per heavy atom. The number of allylic oxidation sites excluding steroid dienone is 1. The van der Waals surface area contributed by atoms with Crippen LogP contribution in [0.3, 0.4) is 0 Å². The number of hydrogen-bond acceptors (Lipinski definition) is 0. The van der Waals surface area contributed by atoms with Crippen LogP contribution in [0.25, 0.3) is 5.57 Å². The molecular formula is C10H10F2. The molecule has 0 atom stereocenters. The summed E-state index contributed by atoms with van der Waals surface area (Å²) in [6, 6.07) is 3.08. The first-order valence-corrected chi connectivity index (χ1v) is 3.64. The summed E-state index contributed by atoms with van der Waals surface area (Å²) in [5.74, 6) is -1.59. The molecule has 0 saturated heterocycles. The van der Waals surface area contributed by atoms with Crippen LogP contribution >= 0.6 is 0 Å². The van der Waals surface area contributed by atoms with Crippen LogP contribution < -0.4 is 0 Å². The molecule has 0 aliphatic rings. The maximum Gasteiger partial charge on any atom is 0.166 e. The molecule has 0 radical (unpaired) electrons. The molecule has 1 aromatic rings. The zero-order valence-corrected chi connectivity index (χ0v) is 7.12. The predicted molar refractivity (Wildman–Crippen MR) is 45.8 cm³/mol. The van der Waals surface area contributed by atoms with E-state index in [0.717, 1.165) is 0 Å². The van der Waals surface area contributed by atoms with E-state index in [0.29, 0.717) is 11.1 Å². The number of hydrogen-bond donors (Lipinski definition) is 0. The van der Waals surface area contributed by atoms with Crippen molar-refractivity contribution in [2.45, 2.75) is 13.8 Å². The van der Waals surface area contributed by atoms with Crippen LogP contribution in [0.5, 0.6) is 0 Å². The molecule has 0 unspecified atom stereocenters. The van der Waals surface area contributed by atoms with E-state index in [9.17, 15) is 8.78 Å². The molecule has 0 heterocycles. The predicted octanol–water partition coefficient (Wildman–Crippen LogP) is 3.31. The third-order valence-electron chi connectivity index (χ3n) is 1.74. The molecular weight excluding hydrogens is 158 g/mol. The van der Waals surface area contributed by atoms with Crippen LogP contribution in [0, 0.1) is 18.6 Å². The van der Waals surface area contributed by atoms with Crippen LogP contribution in [0.2, 0.25) is 0 Å². The van der Waals surface area contributed by atoms with E-state index in [1.54, 1.807) is 13.0 Å². The van der Waals surface area contributed by atoms with Crippen LogP contribution in [-0.2, 0) is 0 Å². The van der Waals surface area contributed by atoms with Crippen molar-refractivity contribution in [2.24, 2.45) is 0 Å². The molecule has 0 aromatic heterocycles. The van der Waals surface area contributed by atoms with Crippen molar-refractivity contribution in [3.8, 4) is 0 Å². The Labute approximate surface area is 70.5 Å². The molecule has 0 fully saturated rings. The molecule has 12 heavy (non-hydrogen) atoms. The second kappa shape index (κ2) is 3.05. The van der Waals surface area contributed by atoms with E-state index in [2.05, 4.69) is 6.58 Å². The fourth-order valence-electron chi connectivity index (χ4n) is 0.976. The number of halogens is 2. The van der Waals surface area contributed by atoms with E-state index in [-0.39, 0.29) is 5.56 Å². The summed E-state index contributed by atoms with van der Waals surface area (Å²) in [4.78, 5) is 0. The minimum atomic E-state index is -0.803.